The van der Waals surface area contributed by atoms with Crippen molar-refractivity contribution in [1.82, 2.24) is 0 Å². The Morgan fingerprint density at radius 1 is 1.53 bits per heavy atom. The van der Waals surface area contributed by atoms with Gasteiger partial charge in [-0.05, 0) is 18.6 Å². The monoisotopic (exact) mass is 228 g/mol. The molecule has 1 heterocycles. The average Bonchev–Trinajstić information content (AvgIpc) is 2.36. The van der Waals surface area contributed by atoms with Gasteiger partial charge >= 0.3 is 0 Å². The van der Waals surface area contributed by atoms with Gasteiger partial charge in [0.1, 0.15) is 5.69 Å². The first-order valence-corrected chi connectivity index (χ1v) is 5.65. The Labute approximate surface area is 86.0 Å². The van der Waals surface area contributed by atoms with E-state index in [1.807, 2.05) is 0 Å². The summed E-state index contributed by atoms with van der Waals surface area (Å²) in [7, 11) is -3.31. The highest BCUT2D eigenvalue weighted by Gasteiger charge is 2.25. The number of rotatable bonds is 1. The van der Waals surface area contributed by atoms with Crippen LogP contribution in [-0.2, 0) is 9.99 Å². The van der Waals surface area contributed by atoms with Gasteiger partial charge in [-0.2, -0.15) is 0 Å². The van der Waals surface area contributed by atoms with Crippen LogP contribution in [0.15, 0.2) is 12.1 Å². The molecule has 0 spiro atoms. The first-order valence-electron chi connectivity index (χ1n) is 4.07. The van der Waals surface area contributed by atoms with Crippen LogP contribution >= 0.6 is 0 Å². The number of nitro benzene ring substituents is 1. The van der Waals surface area contributed by atoms with E-state index >= 15 is 0 Å². The Morgan fingerprint density at radius 3 is 2.80 bits per heavy atom. The van der Waals surface area contributed by atoms with Gasteiger partial charge in [0.2, 0.25) is 0 Å². The Hall–Kier alpha value is -1.60. The van der Waals surface area contributed by atoms with Crippen LogP contribution in [0.3, 0.4) is 0 Å². The van der Waals surface area contributed by atoms with Gasteiger partial charge in [0.15, 0.2) is 9.99 Å². The summed E-state index contributed by atoms with van der Waals surface area (Å²) in [5, 5.41) is 11.8. The van der Waals surface area contributed by atoms with Crippen molar-refractivity contribution in [1.29, 1.82) is 0 Å². The smallest absolute Gasteiger partial charge is 0.294 e. The Kier molecular flexibility index (Phi) is 1.95. The van der Waals surface area contributed by atoms with E-state index in [9.17, 15) is 18.9 Å². The SMILES string of the molecule is Cc1cc2c(c([N+](=O)[O-])c1)NS(=O)(O)=C2. The van der Waals surface area contributed by atoms with Crippen LogP contribution in [0, 0.1) is 17.0 Å². The van der Waals surface area contributed by atoms with Gasteiger partial charge in [-0.3, -0.25) is 19.4 Å². The third-order valence-electron chi connectivity index (χ3n) is 2.02. The molecule has 2 N–H and O–H groups in total. The molecule has 1 aliphatic rings. The minimum atomic E-state index is -3.31. The van der Waals surface area contributed by atoms with Crippen molar-refractivity contribution >= 4 is 26.7 Å². The third-order valence-corrected chi connectivity index (χ3v) is 3.09. The summed E-state index contributed by atoms with van der Waals surface area (Å²) in [4.78, 5) is 10.1. The second-order valence-electron chi connectivity index (χ2n) is 3.29. The molecule has 7 heteroatoms. The lowest BCUT2D eigenvalue weighted by Gasteiger charge is -2.03. The fourth-order valence-corrected chi connectivity index (χ4v) is 2.59. The lowest BCUT2D eigenvalue weighted by molar-refractivity contribution is -0.383. The third kappa shape index (κ3) is 1.66. The summed E-state index contributed by atoms with van der Waals surface area (Å²) >= 11 is 0. The Balaban J connectivity index is 2.71. The van der Waals surface area contributed by atoms with E-state index in [0.29, 0.717) is 11.1 Å². The molecule has 0 saturated carbocycles. The summed E-state index contributed by atoms with van der Waals surface area (Å²) in [5.74, 6) is 0. The predicted molar refractivity (Wildman–Crippen MR) is 57.4 cm³/mol. The summed E-state index contributed by atoms with van der Waals surface area (Å²) in [6.45, 7) is 1.69. The van der Waals surface area contributed by atoms with Gasteiger partial charge in [0.25, 0.3) is 5.69 Å². The molecule has 6 nitrogen and oxygen atoms in total. The Morgan fingerprint density at radius 2 is 2.20 bits per heavy atom. The fourth-order valence-electron chi connectivity index (χ4n) is 1.49. The standard InChI is InChI=1S/C8H8N2O4S/c1-5-2-6-4-15(13,14)9-8(6)7(3-5)10(11)12/h2-4H,1H3,(H2,9,13,14). The molecule has 2 rings (SSSR count). The molecule has 0 fully saturated rings. The summed E-state index contributed by atoms with van der Waals surface area (Å²) in [6.07, 6.45) is 0. The number of anilines is 1. The highest BCUT2D eigenvalue weighted by Crippen LogP contribution is 2.32. The maximum Gasteiger partial charge on any atom is 0.294 e. The number of fused-ring (bicyclic) bond motifs is 1. The zero-order valence-corrected chi connectivity index (χ0v) is 8.58. The molecule has 0 bridgehead atoms. The van der Waals surface area contributed by atoms with Crippen molar-refractivity contribution < 1.29 is 13.7 Å². The minimum Gasteiger partial charge on any atom is -0.298 e. The molecule has 15 heavy (non-hydrogen) atoms. The largest absolute Gasteiger partial charge is 0.298 e. The molecule has 80 valence electrons. The van der Waals surface area contributed by atoms with Crippen molar-refractivity contribution in [2.24, 2.45) is 0 Å². The molecule has 0 amide bonds. The lowest BCUT2D eigenvalue weighted by atomic mass is 10.1. The first-order chi connectivity index (χ1) is 6.89. The average molecular weight is 228 g/mol. The van der Waals surface area contributed by atoms with Crippen LogP contribution in [0.4, 0.5) is 11.4 Å². The molecule has 1 aromatic carbocycles. The molecule has 0 radical (unpaired) electrons. The van der Waals surface area contributed by atoms with Crippen molar-refractivity contribution in [3.63, 3.8) is 0 Å². The van der Waals surface area contributed by atoms with Crippen molar-refractivity contribution in [3.8, 4) is 0 Å². The number of nitrogens with zero attached hydrogens (tertiary/aromatic N) is 1. The fraction of sp³-hybridized carbons (Fsp3) is 0.125. The lowest BCUT2D eigenvalue weighted by Crippen LogP contribution is -2.08. The van der Waals surface area contributed by atoms with Crippen LogP contribution in [0.25, 0.3) is 0 Å². The number of hydrogen-bond acceptors (Lipinski definition) is 3. The second-order valence-corrected chi connectivity index (χ2v) is 4.87. The van der Waals surface area contributed by atoms with Gasteiger partial charge in [-0.15, -0.1) is 0 Å². The van der Waals surface area contributed by atoms with E-state index < -0.39 is 14.9 Å². The number of hydrogen-bond donors (Lipinski definition) is 2. The molecule has 0 aliphatic carbocycles. The number of benzene rings is 1. The van der Waals surface area contributed by atoms with Crippen LogP contribution in [-0.4, -0.2) is 19.1 Å². The topological polar surface area (TPSA) is 92.5 Å². The number of nitro groups is 1. The van der Waals surface area contributed by atoms with E-state index in [-0.39, 0.29) is 11.4 Å². The van der Waals surface area contributed by atoms with Crippen LogP contribution < -0.4 is 4.72 Å². The van der Waals surface area contributed by atoms with Gasteiger partial charge in [0, 0.05) is 17.0 Å². The van der Waals surface area contributed by atoms with Crippen molar-refractivity contribution in [2.75, 3.05) is 4.72 Å². The van der Waals surface area contributed by atoms with Crippen molar-refractivity contribution in [3.05, 3.63) is 33.4 Å². The molecule has 0 aromatic heterocycles. The van der Waals surface area contributed by atoms with Gasteiger partial charge in [0.05, 0.1) is 4.92 Å². The molecule has 1 aromatic rings. The summed E-state index contributed by atoms with van der Waals surface area (Å²) in [5.41, 5.74) is 1.00. The molecular weight excluding hydrogens is 220 g/mol. The number of aryl methyl sites for hydroxylation is 1. The maximum absolute atomic E-state index is 11.3. The van der Waals surface area contributed by atoms with Gasteiger partial charge in [-0.25, -0.2) is 4.21 Å². The first kappa shape index (κ1) is 9.94. The van der Waals surface area contributed by atoms with E-state index in [1.165, 1.54) is 6.07 Å². The zero-order chi connectivity index (χ0) is 11.2. The van der Waals surface area contributed by atoms with E-state index in [1.54, 1.807) is 13.0 Å². The molecule has 0 saturated heterocycles. The quantitative estimate of drug-likeness (QED) is 0.428. The normalized spacial score (nSPS) is 22.8. The van der Waals surface area contributed by atoms with E-state index in [2.05, 4.69) is 4.72 Å². The van der Waals surface area contributed by atoms with Crippen LogP contribution in [0.5, 0.6) is 0 Å². The predicted octanol–water partition coefficient (Wildman–Crippen LogP) is 1.15. The van der Waals surface area contributed by atoms with Gasteiger partial charge in [-0.1, -0.05) is 0 Å². The minimum absolute atomic E-state index is 0.109. The maximum atomic E-state index is 11.3. The highest BCUT2D eigenvalue weighted by atomic mass is 32.2. The molecule has 1 aliphatic heterocycles. The highest BCUT2D eigenvalue weighted by molar-refractivity contribution is 7.98. The van der Waals surface area contributed by atoms with E-state index in [4.69, 9.17) is 0 Å². The van der Waals surface area contributed by atoms with E-state index in [0.717, 1.165) is 5.37 Å². The van der Waals surface area contributed by atoms with Gasteiger partial charge < -0.3 is 0 Å². The molecular formula is C8H8N2O4S. The molecule has 1 unspecified atom stereocenters. The van der Waals surface area contributed by atoms with Crippen molar-refractivity contribution in [2.45, 2.75) is 6.92 Å². The summed E-state index contributed by atoms with van der Waals surface area (Å²) in [6, 6.07) is 2.98. The van der Waals surface area contributed by atoms with Crippen LogP contribution in [0.1, 0.15) is 11.1 Å². The zero-order valence-electron chi connectivity index (χ0n) is 7.76. The number of nitrogens with one attached hydrogen (secondary N) is 1. The van der Waals surface area contributed by atoms with Crippen LogP contribution in [0.2, 0.25) is 0 Å². The Bertz CT molecular complexity index is 572. The summed E-state index contributed by atoms with van der Waals surface area (Å²) < 4.78 is 22.8. The molecule has 1 atom stereocenters. The second kappa shape index (κ2) is 2.94.